The predicted molar refractivity (Wildman–Crippen MR) is 74.6 cm³/mol. The number of carbonyl (C=O) groups excluding carboxylic acids is 1. The lowest BCUT2D eigenvalue weighted by atomic mass is 10.1. The highest BCUT2D eigenvalue weighted by Crippen LogP contribution is 2.19. The zero-order valence-electron chi connectivity index (χ0n) is 11.2. The number of nitrogens with zero attached hydrogens (tertiary/aromatic N) is 1. The molecule has 4 heteroatoms. The SMILES string of the molecule is COCCOCCCn1ccc2cccc(C=O)c21. The summed E-state index contributed by atoms with van der Waals surface area (Å²) < 4.78 is 12.5. The molecule has 1 heterocycles. The summed E-state index contributed by atoms with van der Waals surface area (Å²) in [5.41, 5.74) is 1.75. The van der Waals surface area contributed by atoms with Crippen molar-refractivity contribution in [1.82, 2.24) is 4.57 Å². The van der Waals surface area contributed by atoms with Gasteiger partial charge in [0.1, 0.15) is 0 Å². The van der Waals surface area contributed by atoms with Gasteiger partial charge in [-0.25, -0.2) is 0 Å². The third kappa shape index (κ3) is 3.43. The average molecular weight is 261 g/mol. The van der Waals surface area contributed by atoms with Crippen LogP contribution in [0.3, 0.4) is 0 Å². The molecule has 0 saturated carbocycles. The number of carbonyl (C=O) groups is 1. The largest absolute Gasteiger partial charge is 0.382 e. The van der Waals surface area contributed by atoms with E-state index in [1.54, 1.807) is 7.11 Å². The van der Waals surface area contributed by atoms with E-state index in [1.807, 2.05) is 30.5 Å². The molecule has 19 heavy (non-hydrogen) atoms. The van der Waals surface area contributed by atoms with Gasteiger partial charge in [-0.3, -0.25) is 4.79 Å². The predicted octanol–water partition coefficient (Wildman–Crippen LogP) is 2.51. The van der Waals surface area contributed by atoms with E-state index in [9.17, 15) is 4.79 Å². The van der Waals surface area contributed by atoms with Crippen LogP contribution in [0.1, 0.15) is 16.8 Å². The second kappa shape index (κ2) is 7.07. The molecule has 0 atom stereocenters. The highest BCUT2D eigenvalue weighted by atomic mass is 16.5. The Morgan fingerprint density at radius 2 is 2.11 bits per heavy atom. The Balaban J connectivity index is 1.95. The van der Waals surface area contributed by atoms with Gasteiger partial charge in [0, 0.05) is 37.4 Å². The van der Waals surface area contributed by atoms with Crippen LogP contribution in [-0.4, -0.2) is 37.8 Å². The highest BCUT2D eigenvalue weighted by molar-refractivity contribution is 5.96. The lowest BCUT2D eigenvalue weighted by molar-refractivity contribution is 0.0681. The summed E-state index contributed by atoms with van der Waals surface area (Å²) in [4.78, 5) is 11.1. The van der Waals surface area contributed by atoms with Crippen molar-refractivity contribution in [3.63, 3.8) is 0 Å². The van der Waals surface area contributed by atoms with Gasteiger partial charge in [0.05, 0.1) is 18.7 Å². The number of fused-ring (bicyclic) bond motifs is 1. The zero-order chi connectivity index (χ0) is 13.5. The quantitative estimate of drug-likeness (QED) is 0.541. The molecule has 0 aliphatic heterocycles. The third-order valence-electron chi connectivity index (χ3n) is 3.07. The first kappa shape index (κ1) is 13.8. The normalized spacial score (nSPS) is 11.0. The molecule has 0 spiro atoms. The van der Waals surface area contributed by atoms with Crippen LogP contribution in [-0.2, 0) is 16.0 Å². The van der Waals surface area contributed by atoms with Gasteiger partial charge in [0.2, 0.25) is 0 Å². The zero-order valence-corrected chi connectivity index (χ0v) is 11.2. The Labute approximate surface area is 112 Å². The number of hydrogen-bond acceptors (Lipinski definition) is 3. The number of aryl methyl sites for hydroxylation is 1. The van der Waals surface area contributed by atoms with Crippen molar-refractivity contribution in [3.8, 4) is 0 Å². The van der Waals surface area contributed by atoms with Crippen LogP contribution >= 0.6 is 0 Å². The minimum atomic E-state index is 0.627. The fourth-order valence-electron chi connectivity index (χ4n) is 2.15. The molecule has 0 aliphatic rings. The molecule has 0 radical (unpaired) electrons. The smallest absolute Gasteiger partial charge is 0.152 e. The van der Waals surface area contributed by atoms with Gasteiger partial charge in [-0.1, -0.05) is 12.1 Å². The van der Waals surface area contributed by atoms with Crippen molar-refractivity contribution < 1.29 is 14.3 Å². The lowest BCUT2D eigenvalue weighted by Gasteiger charge is -2.07. The fourth-order valence-corrected chi connectivity index (χ4v) is 2.15. The summed E-state index contributed by atoms with van der Waals surface area (Å²) in [5, 5.41) is 1.10. The number of ether oxygens (including phenoxy) is 2. The molecule has 2 rings (SSSR count). The summed E-state index contributed by atoms with van der Waals surface area (Å²) in [5.74, 6) is 0. The summed E-state index contributed by atoms with van der Waals surface area (Å²) in [6.07, 6.45) is 3.85. The first-order chi connectivity index (χ1) is 9.36. The van der Waals surface area contributed by atoms with E-state index in [0.717, 1.165) is 35.7 Å². The van der Waals surface area contributed by atoms with Crippen LogP contribution in [0.25, 0.3) is 10.9 Å². The molecule has 0 aliphatic carbocycles. The van der Waals surface area contributed by atoms with E-state index in [2.05, 4.69) is 4.57 Å². The molecule has 0 N–H and O–H groups in total. The van der Waals surface area contributed by atoms with Crippen molar-refractivity contribution in [3.05, 3.63) is 36.0 Å². The molecular formula is C15H19NO3. The Morgan fingerprint density at radius 3 is 2.89 bits per heavy atom. The maximum atomic E-state index is 11.1. The van der Waals surface area contributed by atoms with Crippen LogP contribution in [0.5, 0.6) is 0 Å². The van der Waals surface area contributed by atoms with E-state index in [0.29, 0.717) is 19.8 Å². The van der Waals surface area contributed by atoms with Crippen molar-refractivity contribution in [2.45, 2.75) is 13.0 Å². The van der Waals surface area contributed by atoms with Crippen molar-refractivity contribution in [1.29, 1.82) is 0 Å². The summed E-state index contributed by atoms with van der Waals surface area (Å²) in [6.45, 7) is 2.80. The van der Waals surface area contributed by atoms with Crippen LogP contribution in [0.15, 0.2) is 30.5 Å². The molecule has 1 aromatic heterocycles. The van der Waals surface area contributed by atoms with Crippen LogP contribution in [0.2, 0.25) is 0 Å². The topological polar surface area (TPSA) is 40.5 Å². The fraction of sp³-hybridized carbons (Fsp3) is 0.400. The standard InChI is InChI=1S/C15H19NO3/c1-18-10-11-19-9-3-7-16-8-6-13-4-2-5-14(12-17)15(13)16/h2,4-6,8,12H,3,7,9-11H2,1H3. The number of hydrogen-bond donors (Lipinski definition) is 0. The van der Waals surface area contributed by atoms with Gasteiger partial charge < -0.3 is 14.0 Å². The summed E-state index contributed by atoms with van der Waals surface area (Å²) >= 11 is 0. The molecule has 2 aromatic rings. The van der Waals surface area contributed by atoms with E-state index in [-0.39, 0.29) is 0 Å². The molecule has 1 aromatic carbocycles. The minimum Gasteiger partial charge on any atom is -0.382 e. The number of benzene rings is 1. The molecule has 0 fully saturated rings. The Bertz CT molecular complexity index is 533. The van der Waals surface area contributed by atoms with Gasteiger partial charge in [-0.15, -0.1) is 0 Å². The molecule has 0 amide bonds. The summed E-state index contributed by atoms with van der Waals surface area (Å²) in [6, 6.07) is 7.81. The van der Waals surface area contributed by atoms with E-state index in [4.69, 9.17) is 9.47 Å². The first-order valence-electron chi connectivity index (χ1n) is 6.46. The Morgan fingerprint density at radius 1 is 1.21 bits per heavy atom. The highest BCUT2D eigenvalue weighted by Gasteiger charge is 2.05. The average Bonchev–Trinajstić information content (AvgIpc) is 2.86. The molecule has 0 bridgehead atoms. The van der Waals surface area contributed by atoms with Gasteiger partial charge in [0.15, 0.2) is 6.29 Å². The van der Waals surface area contributed by atoms with Crippen molar-refractivity contribution in [2.24, 2.45) is 0 Å². The molecular weight excluding hydrogens is 242 g/mol. The van der Waals surface area contributed by atoms with Crippen LogP contribution in [0.4, 0.5) is 0 Å². The Hall–Kier alpha value is -1.65. The number of para-hydroxylation sites is 1. The van der Waals surface area contributed by atoms with Gasteiger partial charge in [0.25, 0.3) is 0 Å². The first-order valence-corrected chi connectivity index (χ1v) is 6.46. The van der Waals surface area contributed by atoms with Gasteiger partial charge in [-0.2, -0.15) is 0 Å². The van der Waals surface area contributed by atoms with E-state index in [1.165, 1.54) is 0 Å². The number of aromatic nitrogens is 1. The Kier molecular flexibility index (Phi) is 5.12. The van der Waals surface area contributed by atoms with Crippen LogP contribution < -0.4 is 0 Å². The third-order valence-corrected chi connectivity index (χ3v) is 3.07. The molecule has 0 saturated heterocycles. The second-order valence-corrected chi connectivity index (χ2v) is 4.37. The minimum absolute atomic E-state index is 0.627. The van der Waals surface area contributed by atoms with Crippen molar-refractivity contribution >= 4 is 17.2 Å². The number of rotatable bonds is 8. The van der Waals surface area contributed by atoms with Crippen molar-refractivity contribution in [2.75, 3.05) is 26.9 Å². The lowest BCUT2D eigenvalue weighted by Crippen LogP contribution is -2.06. The van der Waals surface area contributed by atoms with E-state index >= 15 is 0 Å². The molecule has 0 unspecified atom stereocenters. The van der Waals surface area contributed by atoms with Gasteiger partial charge in [-0.05, 0) is 18.6 Å². The number of aldehydes is 1. The van der Waals surface area contributed by atoms with E-state index < -0.39 is 0 Å². The van der Waals surface area contributed by atoms with Crippen LogP contribution in [0, 0.1) is 0 Å². The van der Waals surface area contributed by atoms with Gasteiger partial charge >= 0.3 is 0 Å². The number of methoxy groups -OCH3 is 1. The maximum Gasteiger partial charge on any atom is 0.152 e. The maximum absolute atomic E-state index is 11.1. The second-order valence-electron chi connectivity index (χ2n) is 4.37. The molecule has 102 valence electrons. The monoisotopic (exact) mass is 261 g/mol. The summed E-state index contributed by atoms with van der Waals surface area (Å²) in [7, 11) is 1.66. The molecule has 4 nitrogen and oxygen atoms in total.